The molecule has 0 saturated carbocycles. The Morgan fingerprint density at radius 1 is 1.15 bits per heavy atom. The van der Waals surface area contributed by atoms with Gasteiger partial charge in [0.1, 0.15) is 5.69 Å². The van der Waals surface area contributed by atoms with Crippen molar-refractivity contribution in [2.45, 2.75) is 32.7 Å². The summed E-state index contributed by atoms with van der Waals surface area (Å²) in [7, 11) is 0. The second-order valence-electron chi connectivity index (χ2n) is 7.61. The SMILES string of the molecule is Cc1cccc(C(=O)N2CCC[C@]3(CCN(Cc4ccncc4)C3=O)C2)n1. The summed E-state index contributed by atoms with van der Waals surface area (Å²) < 4.78 is 0. The topological polar surface area (TPSA) is 66.4 Å². The number of aromatic nitrogens is 2. The van der Waals surface area contributed by atoms with Gasteiger partial charge in [0.05, 0.1) is 5.41 Å². The van der Waals surface area contributed by atoms with Crippen LogP contribution in [-0.4, -0.2) is 51.2 Å². The minimum absolute atomic E-state index is 0.0711. The Morgan fingerprint density at radius 3 is 2.74 bits per heavy atom. The molecule has 4 rings (SSSR count). The van der Waals surface area contributed by atoms with E-state index in [9.17, 15) is 9.59 Å². The highest BCUT2D eigenvalue weighted by molar-refractivity contribution is 5.93. The van der Waals surface area contributed by atoms with E-state index in [0.29, 0.717) is 25.3 Å². The predicted molar refractivity (Wildman–Crippen MR) is 101 cm³/mol. The Bertz CT molecular complexity index is 854. The molecule has 1 spiro atoms. The molecule has 0 aromatic carbocycles. The lowest BCUT2D eigenvalue weighted by molar-refractivity contribution is -0.138. The number of nitrogens with zero attached hydrogens (tertiary/aromatic N) is 4. The van der Waals surface area contributed by atoms with Crippen LogP contribution in [-0.2, 0) is 11.3 Å². The fraction of sp³-hybridized carbons (Fsp3) is 0.429. The van der Waals surface area contributed by atoms with Gasteiger partial charge in [-0.2, -0.15) is 0 Å². The van der Waals surface area contributed by atoms with Gasteiger partial charge < -0.3 is 9.80 Å². The van der Waals surface area contributed by atoms with Crippen LogP contribution in [0.3, 0.4) is 0 Å². The van der Waals surface area contributed by atoms with E-state index >= 15 is 0 Å². The Balaban J connectivity index is 1.49. The molecule has 2 saturated heterocycles. The van der Waals surface area contributed by atoms with Crippen LogP contribution in [0.5, 0.6) is 0 Å². The fourth-order valence-corrected chi connectivity index (χ4v) is 4.26. The number of carbonyl (C=O) groups is 2. The molecule has 0 unspecified atom stereocenters. The number of hydrogen-bond acceptors (Lipinski definition) is 4. The monoisotopic (exact) mass is 364 g/mol. The van der Waals surface area contributed by atoms with Crippen LogP contribution in [0.1, 0.15) is 41.0 Å². The molecule has 6 heteroatoms. The molecule has 140 valence electrons. The van der Waals surface area contributed by atoms with Gasteiger partial charge in [0, 0.05) is 44.3 Å². The van der Waals surface area contributed by atoms with Crippen molar-refractivity contribution in [1.82, 2.24) is 19.8 Å². The number of pyridine rings is 2. The summed E-state index contributed by atoms with van der Waals surface area (Å²) in [5, 5.41) is 0. The van der Waals surface area contributed by atoms with E-state index < -0.39 is 5.41 Å². The lowest BCUT2D eigenvalue weighted by atomic mass is 9.78. The third-order valence-corrected chi connectivity index (χ3v) is 5.70. The first kappa shape index (κ1) is 17.6. The van der Waals surface area contributed by atoms with Gasteiger partial charge in [-0.1, -0.05) is 6.07 Å². The molecular formula is C21H24N4O2. The molecule has 6 nitrogen and oxygen atoms in total. The molecule has 2 aliphatic rings. The van der Waals surface area contributed by atoms with Crippen molar-refractivity contribution in [2.24, 2.45) is 5.41 Å². The summed E-state index contributed by atoms with van der Waals surface area (Å²) in [5.41, 5.74) is 1.94. The number of piperidine rings is 1. The maximum absolute atomic E-state index is 13.2. The lowest BCUT2D eigenvalue weighted by Crippen LogP contribution is -2.49. The van der Waals surface area contributed by atoms with Crippen molar-refractivity contribution >= 4 is 11.8 Å². The van der Waals surface area contributed by atoms with Crippen molar-refractivity contribution in [3.05, 3.63) is 59.7 Å². The second-order valence-corrected chi connectivity index (χ2v) is 7.61. The zero-order valence-corrected chi connectivity index (χ0v) is 15.6. The second kappa shape index (κ2) is 7.10. The van der Waals surface area contributed by atoms with Crippen LogP contribution < -0.4 is 0 Å². The van der Waals surface area contributed by atoms with Crippen molar-refractivity contribution in [3.8, 4) is 0 Å². The van der Waals surface area contributed by atoms with Crippen LogP contribution in [0, 0.1) is 12.3 Å². The molecule has 2 aromatic heterocycles. The zero-order chi connectivity index (χ0) is 18.9. The molecule has 0 N–H and O–H groups in total. The Morgan fingerprint density at radius 2 is 1.96 bits per heavy atom. The molecule has 0 bridgehead atoms. The quantitative estimate of drug-likeness (QED) is 0.839. The summed E-state index contributed by atoms with van der Waals surface area (Å²) >= 11 is 0. The maximum atomic E-state index is 13.2. The Labute approximate surface area is 159 Å². The van der Waals surface area contributed by atoms with Gasteiger partial charge in [0.15, 0.2) is 0 Å². The standard InChI is InChI=1S/C21H24N4O2/c1-16-4-2-5-18(23-16)19(26)25-12-3-8-21(15-25)9-13-24(20(21)27)14-17-6-10-22-11-7-17/h2,4-7,10-11H,3,8-9,12-15H2,1H3/t21-/m0/s1. The van der Waals surface area contributed by atoms with Crippen molar-refractivity contribution in [1.29, 1.82) is 0 Å². The fourth-order valence-electron chi connectivity index (χ4n) is 4.26. The molecule has 1 atom stereocenters. The van der Waals surface area contributed by atoms with Crippen LogP contribution in [0.2, 0.25) is 0 Å². The highest BCUT2D eigenvalue weighted by atomic mass is 16.2. The van der Waals surface area contributed by atoms with Crippen LogP contribution in [0.4, 0.5) is 0 Å². The van der Waals surface area contributed by atoms with Gasteiger partial charge >= 0.3 is 0 Å². The van der Waals surface area contributed by atoms with Crippen molar-refractivity contribution in [2.75, 3.05) is 19.6 Å². The van der Waals surface area contributed by atoms with Crippen LogP contribution >= 0.6 is 0 Å². The molecule has 0 aliphatic carbocycles. The molecule has 27 heavy (non-hydrogen) atoms. The number of hydrogen-bond donors (Lipinski definition) is 0. The normalized spacial score (nSPS) is 22.5. The molecule has 2 aliphatic heterocycles. The van der Waals surface area contributed by atoms with Gasteiger partial charge in [-0.15, -0.1) is 0 Å². The number of likely N-dealkylation sites (tertiary alicyclic amines) is 2. The summed E-state index contributed by atoms with van der Waals surface area (Å²) in [5.74, 6) is 0.104. The van der Waals surface area contributed by atoms with E-state index in [2.05, 4.69) is 9.97 Å². The van der Waals surface area contributed by atoms with Gasteiger partial charge in [-0.05, 0) is 56.0 Å². The molecular weight excluding hydrogens is 340 g/mol. The maximum Gasteiger partial charge on any atom is 0.272 e. The first-order valence-corrected chi connectivity index (χ1v) is 9.49. The van der Waals surface area contributed by atoms with Crippen LogP contribution in [0.25, 0.3) is 0 Å². The minimum atomic E-state index is -0.440. The van der Waals surface area contributed by atoms with Crippen molar-refractivity contribution in [3.63, 3.8) is 0 Å². The van der Waals surface area contributed by atoms with E-state index in [1.54, 1.807) is 18.5 Å². The smallest absolute Gasteiger partial charge is 0.272 e. The third kappa shape index (κ3) is 3.44. The molecule has 2 aromatic rings. The van der Waals surface area contributed by atoms with E-state index in [4.69, 9.17) is 0 Å². The zero-order valence-electron chi connectivity index (χ0n) is 15.6. The van der Waals surface area contributed by atoms with Gasteiger partial charge in [0.2, 0.25) is 5.91 Å². The molecule has 0 radical (unpaired) electrons. The summed E-state index contributed by atoms with van der Waals surface area (Å²) in [6, 6.07) is 9.37. The number of aryl methyl sites for hydroxylation is 1. The van der Waals surface area contributed by atoms with Gasteiger partial charge in [-0.25, -0.2) is 4.98 Å². The summed E-state index contributed by atoms with van der Waals surface area (Å²) in [4.78, 5) is 38.2. The highest BCUT2D eigenvalue weighted by Gasteiger charge is 2.49. The largest absolute Gasteiger partial charge is 0.338 e. The van der Waals surface area contributed by atoms with Crippen molar-refractivity contribution < 1.29 is 9.59 Å². The van der Waals surface area contributed by atoms with E-state index in [-0.39, 0.29) is 11.8 Å². The number of carbonyl (C=O) groups excluding carboxylic acids is 2. The Kier molecular flexibility index (Phi) is 4.64. The van der Waals surface area contributed by atoms with E-state index in [1.165, 1.54) is 0 Å². The summed E-state index contributed by atoms with van der Waals surface area (Å²) in [6.07, 6.45) is 6.01. The van der Waals surface area contributed by atoms with Crippen LogP contribution in [0.15, 0.2) is 42.7 Å². The van der Waals surface area contributed by atoms with Gasteiger partial charge in [0.25, 0.3) is 5.91 Å². The minimum Gasteiger partial charge on any atom is -0.338 e. The molecule has 2 fully saturated rings. The first-order valence-electron chi connectivity index (χ1n) is 9.49. The first-order chi connectivity index (χ1) is 13.1. The van der Waals surface area contributed by atoms with Gasteiger partial charge in [-0.3, -0.25) is 14.6 Å². The third-order valence-electron chi connectivity index (χ3n) is 5.70. The van der Waals surface area contributed by atoms with E-state index in [1.807, 2.05) is 41.0 Å². The van der Waals surface area contributed by atoms with E-state index in [0.717, 1.165) is 37.1 Å². The summed E-state index contributed by atoms with van der Waals surface area (Å²) in [6.45, 7) is 4.41. The average molecular weight is 364 g/mol. The molecule has 4 heterocycles. The predicted octanol–water partition coefficient (Wildman–Crippen LogP) is 2.44. The Hall–Kier alpha value is -2.76. The number of amides is 2. The number of rotatable bonds is 3. The highest BCUT2D eigenvalue weighted by Crippen LogP contribution is 2.41. The molecule has 2 amide bonds. The average Bonchev–Trinajstić information content (AvgIpc) is 2.98. The lowest BCUT2D eigenvalue weighted by Gasteiger charge is -2.39.